The number of hydrogen-bond donors (Lipinski definition) is 2. The highest BCUT2D eigenvalue weighted by molar-refractivity contribution is 5.24. The van der Waals surface area contributed by atoms with Crippen molar-refractivity contribution in [3.63, 3.8) is 0 Å². The lowest BCUT2D eigenvalue weighted by molar-refractivity contribution is -0.202. The maximum Gasteiger partial charge on any atom is 0.415 e. The average molecular weight is 295 g/mol. The summed E-state index contributed by atoms with van der Waals surface area (Å²) in [5, 5.41) is 11.4. The van der Waals surface area contributed by atoms with E-state index in [1.807, 2.05) is 0 Å². The van der Waals surface area contributed by atoms with Gasteiger partial charge in [0.05, 0.1) is 0 Å². The molecule has 1 aliphatic rings. The molecule has 0 amide bonds. The number of alkyl halides is 3. The molecule has 0 saturated heterocycles. The number of nitrogens with one attached hydrogen (secondary N) is 1. The molecule has 7 heteroatoms. The Morgan fingerprint density at radius 1 is 1.25 bits per heavy atom. The van der Waals surface area contributed by atoms with Crippen molar-refractivity contribution in [3.05, 3.63) is 35.4 Å². The van der Waals surface area contributed by atoms with Gasteiger partial charge in [0.15, 0.2) is 6.10 Å². The van der Waals surface area contributed by atoms with E-state index in [1.54, 1.807) is 0 Å². The molecular weight excluding hydrogens is 281 g/mol. The molecule has 1 aromatic carbocycles. The molecule has 1 saturated carbocycles. The van der Waals surface area contributed by atoms with Gasteiger partial charge < -0.3 is 10.4 Å². The Kier molecular flexibility index (Phi) is 4.29. The minimum Gasteiger partial charge on any atom is -0.382 e. The van der Waals surface area contributed by atoms with Crippen LogP contribution < -0.4 is 5.32 Å². The Morgan fingerprint density at radius 3 is 2.45 bits per heavy atom. The van der Waals surface area contributed by atoms with Gasteiger partial charge in [-0.1, -0.05) is 0 Å². The van der Waals surface area contributed by atoms with E-state index in [1.165, 1.54) is 0 Å². The van der Waals surface area contributed by atoms with Gasteiger partial charge in [0.2, 0.25) is 0 Å². The summed E-state index contributed by atoms with van der Waals surface area (Å²) in [4.78, 5) is 0. The normalized spacial score (nSPS) is 18.9. The molecule has 20 heavy (non-hydrogen) atoms. The Labute approximate surface area is 112 Å². The number of rotatable bonds is 5. The lowest BCUT2D eigenvalue weighted by Crippen LogP contribution is -2.40. The summed E-state index contributed by atoms with van der Waals surface area (Å²) >= 11 is 0. The van der Waals surface area contributed by atoms with E-state index in [9.17, 15) is 22.0 Å². The van der Waals surface area contributed by atoms with Crippen molar-refractivity contribution in [1.29, 1.82) is 0 Å². The molecule has 2 N–H and O–H groups in total. The van der Waals surface area contributed by atoms with Crippen molar-refractivity contribution in [2.75, 3.05) is 6.54 Å². The molecule has 1 fully saturated rings. The first-order valence-electron chi connectivity index (χ1n) is 6.22. The van der Waals surface area contributed by atoms with Gasteiger partial charge in [-0.25, -0.2) is 8.78 Å². The zero-order valence-corrected chi connectivity index (χ0v) is 10.4. The lowest BCUT2D eigenvalue weighted by Gasteiger charge is -2.22. The summed E-state index contributed by atoms with van der Waals surface area (Å²) < 4.78 is 63.5. The molecule has 1 aromatic rings. The second-order valence-electron chi connectivity index (χ2n) is 4.95. The number of hydrogen-bond acceptors (Lipinski definition) is 2. The molecule has 2 nitrogen and oxygen atoms in total. The number of aliphatic hydroxyl groups is 1. The summed E-state index contributed by atoms with van der Waals surface area (Å²) in [6.45, 7) is -0.749. The molecule has 0 bridgehead atoms. The van der Waals surface area contributed by atoms with Crippen LogP contribution in [0.1, 0.15) is 24.4 Å². The summed E-state index contributed by atoms with van der Waals surface area (Å²) in [6.07, 6.45) is -5.80. The summed E-state index contributed by atoms with van der Waals surface area (Å²) in [6, 6.07) is 2.16. The molecule has 0 spiro atoms. The highest BCUT2D eigenvalue weighted by atomic mass is 19.4. The predicted octanol–water partition coefficient (Wildman–Crippen LogP) is 2.93. The standard InChI is InChI=1S/C13H14F5NO/c14-8-3-4-10(15)9(5-8)12(7-1-2-7)19-6-11(20)13(16,17)18/h3-5,7,11-12,19-20H,1-2,6H2/t11-,12-/m0/s1. The Hall–Kier alpha value is -1.21. The van der Waals surface area contributed by atoms with Crippen LogP contribution in [0.5, 0.6) is 0 Å². The third-order valence-corrected chi connectivity index (χ3v) is 3.30. The van der Waals surface area contributed by atoms with Gasteiger partial charge in [-0.15, -0.1) is 0 Å². The second kappa shape index (κ2) is 5.65. The zero-order chi connectivity index (χ0) is 14.9. The smallest absolute Gasteiger partial charge is 0.382 e. The quantitative estimate of drug-likeness (QED) is 0.819. The van der Waals surface area contributed by atoms with E-state index in [4.69, 9.17) is 5.11 Å². The summed E-state index contributed by atoms with van der Waals surface area (Å²) in [5.74, 6) is -1.35. The van der Waals surface area contributed by atoms with Gasteiger partial charge >= 0.3 is 6.18 Å². The molecular formula is C13H14F5NO. The van der Waals surface area contributed by atoms with Crippen LogP contribution in [0.4, 0.5) is 22.0 Å². The minimum absolute atomic E-state index is 0.00174. The van der Waals surface area contributed by atoms with Crippen molar-refractivity contribution >= 4 is 0 Å². The molecule has 112 valence electrons. The Balaban J connectivity index is 2.10. The summed E-state index contributed by atoms with van der Waals surface area (Å²) in [7, 11) is 0. The van der Waals surface area contributed by atoms with Gasteiger partial charge in [-0.3, -0.25) is 0 Å². The SMILES string of the molecule is O[C@@H](CN[C@H](c1cc(F)ccc1F)C1CC1)C(F)(F)F. The van der Waals surface area contributed by atoms with Gasteiger partial charge in [-0.2, -0.15) is 13.2 Å². The fraction of sp³-hybridized carbons (Fsp3) is 0.538. The first-order valence-corrected chi connectivity index (χ1v) is 6.22. The van der Waals surface area contributed by atoms with Crippen LogP contribution in [0, 0.1) is 17.6 Å². The third-order valence-electron chi connectivity index (χ3n) is 3.30. The fourth-order valence-corrected chi connectivity index (χ4v) is 2.07. The van der Waals surface area contributed by atoms with Crippen molar-refractivity contribution in [1.82, 2.24) is 5.32 Å². The van der Waals surface area contributed by atoms with Crippen LogP contribution in [-0.2, 0) is 0 Å². The molecule has 0 unspecified atom stereocenters. The van der Waals surface area contributed by atoms with Crippen LogP contribution in [0.2, 0.25) is 0 Å². The Morgan fingerprint density at radius 2 is 1.90 bits per heavy atom. The van der Waals surface area contributed by atoms with Gasteiger partial charge in [0.1, 0.15) is 11.6 Å². The van der Waals surface area contributed by atoms with E-state index in [0.29, 0.717) is 0 Å². The van der Waals surface area contributed by atoms with Gasteiger partial charge in [-0.05, 0) is 37.0 Å². The van der Waals surface area contributed by atoms with E-state index < -0.39 is 36.5 Å². The van der Waals surface area contributed by atoms with E-state index in [0.717, 1.165) is 31.0 Å². The van der Waals surface area contributed by atoms with Crippen molar-refractivity contribution < 1.29 is 27.1 Å². The topological polar surface area (TPSA) is 32.3 Å². The molecule has 0 aliphatic heterocycles. The summed E-state index contributed by atoms with van der Waals surface area (Å²) in [5.41, 5.74) is 0.00174. The maximum atomic E-state index is 13.7. The molecule has 0 heterocycles. The third kappa shape index (κ3) is 3.67. The molecule has 2 atom stereocenters. The largest absolute Gasteiger partial charge is 0.415 e. The van der Waals surface area contributed by atoms with Crippen molar-refractivity contribution in [3.8, 4) is 0 Å². The monoisotopic (exact) mass is 295 g/mol. The average Bonchev–Trinajstić information content (AvgIpc) is 3.16. The lowest BCUT2D eigenvalue weighted by atomic mass is 10.0. The first-order chi connectivity index (χ1) is 9.29. The second-order valence-corrected chi connectivity index (χ2v) is 4.95. The number of halogens is 5. The van der Waals surface area contributed by atoms with E-state index in [-0.39, 0.29) is 11.5 Å². The van der Waals surface area contributed by atoms with Crippen molar-refractivity contribution in [2.45, 2.75) is 31.2 Å². The molecule has 1 aliphatic carbocycles. The van der Waals surface area contributed by atoms with Crippen LogP contribution in [0.25, 0.3) is 0 Å². The number of benzene rings is 1. The molecule has 2 rings (SSSR count). The van der Waals surface area contributed by atoms with Crippen LogP contribution in [0.15, 0.2) is 18.2 Å². The zero-order valence-electron chi connectivity index (χ0n) is 10.4. The minimum atomic E-state index is -4.73. The van der Waals surface area contributed by atoms with Crippen LogP contribution >= 0.6 is 0 Å². The maximum absolute atomic E-state index is 13.7. The van der Waals surface area contributed by atoms with E-state index >= 15 is 0 Å². The van der Waals surface area contributed by atoms with Gasteiger partial charge in [0.25, 0.3) is 0 Å². The molecule has 0 radical (unpaired) electrons. The predicted molar refractivity (Wildman–Crippen MR) is 61.9 cm³/mol. The van der Waals surface area contributed by atoms with Crippen LogP contribution in [0.3, 0.4) is 0 Å². The van der Waals surface area contributed by atoms with Gasteiger partial charge in [0, 0.05) is 18.2 Å². The number of aliphatic hydroxyl groups excluding tert-OH is 1. The molecule has 0 aromatic heterocycles. The van der Waals surface area contributed by atoms with E-state index in [2.05, 4.69) is 5.32 Å². The first kappa shape index (κ1) is 15.2. The fourth-order valence-electron chi connectivity index (χ4n) is 2.07. The highest BCUT2D eigenvalue weighted by Gasteiger charge is 2.40. The Bertz CT molecular complexity index is 472. The highest BCUT2D eigenvalue weighted by Crippen LogP contribution is 2.42. The van der Waals surface area contributed by atoms with Crippen LogP contribution in [-0.4, -0.2) is 23.9 Å². The van der Waals surface area contributed by atoms with Crippen molar-refractivity contribution in [2.24, 2.45) is 5.92 Å².